The lowest BCUT2D eigenvalue weighted by Crippen LogP contribution is -2.26. The molecule has 2 N–H and O–H groups in total. The Morgan fingerprint density at radius 3 is 2.67 bits per heavy atom. The topological polar surface area (TPSA) is 96.4 Å². The maximum Gasteiger partial charge on any atom is 0.339 e. The van der Waals surface area contributed by atoms with Gasteiger partial charge in [0, 0.05) is 24.2 Å². The molecule has 0 radical (unpaired) electrons. The SMILES string of the molecule is Cc1cc(NC(C)CS(C)(=O)=O)c(C(=O)O)cn1. The lowest BCUT2D eigenvalue weighted by Gasteiger charge is -2.16. The van der Waals surface area contributed by atoms with Crippen LogP contribution < -0.4 is 5.32 Å². The zero-order valence-electron chi connectivity index (χ0n) is 10.5. The van der Waals surface area contributed by atoms with Crippen molar-refractivity contribution in [2.75, 3.05) is 17.3 Å². The molecule has 0 bridgehead atoms. The first-order valence-corrected chi connectivity index (χ1v) is 7.39. The Morgan fingerprint density at radius 1 is 1.56 bits per heavy atom. The van der Waals surface area contributed by atoms with Crippen LogP contribution in [0.1, 0.15) is 23.0 Å². The number of anilines is 1. The van der Waals surface area contributed by atoms with Gasteiger partial charge < -0.3 is 10.4 Å². The van der Waals surface area contributed by atoms with Crippen LogP contribution in [0.25, 0.3) is 0 Å². The van der Waals surface area contributed by atoms with E-state index < -0.39 is 15.8 Å². The van der Waals surface area contributed by atoms with Crippen molar-refractivity contribution in [2.45, 2.75) is 19.9 Å². The summed E-state index contributed by atoms with van der Waals surface area (Å²) in [4.78, 5) is 14.9. The van der Waals surface area contributed by atoms with E-state index in [9.17, 15) is 13.2 Å². The van der Waals surface area contributed by atoms with Crippen molar-refractivity contribution in [1.29, 1.82) is 0 Å². The Bertz CT molecular complexity index is 554. The molecule has 1 heterocycles. The summed E-state index contributed by atoms with van der Waals surface area (Å²) in [6.45, 7) is 3.42. The molecule has 1 unspecified atom stereocenters. The fourth-order valence-corrected chi connectivity index (χ4v) is 2.60. The molecule has 0 saturated carbocycles. The minimum atomic E-state index is -3.11. The number of hydrogen-bond acceptors (Lipinski definition) is 5. The number of aromatic nitrogens is 1. The molecule has 0 amide bonds. The van der Waals surface area contributed by atoms with E-state index >= 15 is 0 Å². The van der Waals surface area contributed by atoms with Crippen molar-refractivity contribution >= 4 is 21.5 Å². The number of carboxylic acids is 1. The van der Waals surface area contributed by atoms with Gasteiger partial charge in [-0.1, -0.05) is 0 Å². The molecule has 100 valence electrons. The molecule has 0 aliphatic rings. The first kappa shape index (κ1) is 14.4. The van der Waals surface area contributed by atoms with Crippen molar-refractivity contribution in [3.63, 3.8) is 0 Å². The minimum absolute atomic E-state index is 0.0287. The van der Waals surface area contributed by atoms with E-state index in [-0.39, 0.29) is 17.4 Å². The van der Waals surface area contributed by atoms with Gasteiger partial charge in [0.1, 0.15) is 15.4 Å². The number of hydrogen-bond donors (Lipinski definition) is 2. The highest BCUT2D eigenvalue weighted by Crippen LogP contribution is 2.17. The number of pyridine rings is 1. The van der Waals surface area contributed by atoms with Crippen LogP contribution in [-0.4, -0.2) is 42.5 Å². The zero-order chi connectivity index (χ0) is 13.9. The Labute approximate surface area is 106 Å². The first-order valence-electron chi connectivity index (χ1n) is 5.33. The summed E-state index contributed by atoms with van der Waals surface area (Å²) < 4.78 is 22.3. The van der Waals surface area contributed by atoms with Gasteiger partial charge in [0.2, 0.25) is 0 Å². The van der Waals surface area contributed by atoms with Crippen LogP contribution in [0, 0.1) is 6.92 Å². The van der Waals surface area contributed by atoms with Gasteiger partial charge >= 0.3 is 5.97 Å². The van der Waals surface area contributed by atoms with Gasteiger partial charge in [0.15, 0.2) is 0 Å². The molecule has 0 aromatic carbocycles. The van der Waals surface area contributed by atoms with Gasteiger partial charge in [-0.05, 0) is 19.9 Å². The summed E-state index contributed by atoms with van der Waals surface area (Å²) in [6.07, 6.45) is 2.40. The third-order valence-corrected chi connectivity index (χ3v) is 3.33. The highest BCUT2D eigenvalue weighted by molar-refractivity contribution is 7.90. The van der Waals surface area contributed by atoms with Crippen molar-refractivity contribution < 1.29 is 18.3 Å². The van der Waals surface area contributed by atoms with Gasteiger partial charge in [-0.25, -0.2) is 13.2 Å². The number of carbonyl (C=O) groups is 1. The van der Waals surface area contributed by atoms with E-state index in [4.69, 9.17) is 5.11 Å². The molecule has 0 spiro atoms. The Hall–Kier alpha value is -1.63. The number of nitrogens with zero attached hydrogens (tertiary/aromatic N) is 1. The van der Waals surface area contributed by atoms with Crippen LogP contribution in [0.2, 0.25) is 0 Å². The number of sulfone groups is 1. The average Bonchev–Trinajstić information content (AvgIpc) is 2.13. The fourth-order valence-electron chi connectivity index (χ4n) is 1.61. The summed E-state index contributed by atoms with van der Waals surface area (Å²) in [6, 6.07) is 1.21. The molecular formula is C11H16N2O4S. The molecule has 6 nitrogen and oxygen atoms in total. The largest absolute Gasteiger partial charge is 0.478 e. The summed E-state index contributed by atoms with van der Waals surface area (Å²) in [5.74, 6) is -1.16. The molecule has 1 aromatic rings. The van der Waals surface area contributed by atoms with E-state index in [1.165, 1.54) is 6.20 Å². The van der Waals surface area contributed by atoms with Gasteiger partial charge in [0.05, 0.1) is 11.4 Å². The molecule has 7 heteroatoms. The molecule has 1 aromatic heterocycles. The van der Waals surface area contributed by atoms with Gasteiger partial charge in [-0.2, -0.15) is 0 Å². The maximum atomic E-state index is 11.1. The second kappa shape index (κ2) is 5.34. The summed E-state index contributed by atoms with van der Waals surface area (Å²) in [5.41, 5.74) is 1.07. The van der Waals surface area contributed by atoms with Crippen LogP contribution in [-0.2, 0) is 9.84 Å². The van der Waals surface area contributed by atoms with Crippen molar-refractivity contribution in [3.05, 3.63) is 23.5 Å². The quantitative estimate of drug-likeness (QED) is 0.828. The van der Waals surface area contributed by atoms with Gasteiger partial charge in [-0.3, -0.25) is 4.98 Å². The van der Waals surface area contributed by atoms with E-state index in [2.05, 4.69) is 10.3 Å². The van der Waals surface area contributed by atoms with Crippen LogP contribution in [0.4, 0.5) is 5.69 Å². The number of rotatable bonds is 5. The molecule has 0 saturated heterocycles. The van der Waals surface area contributed by atoms with E-state index in [1.54, 1.807) is 19.9 Å². The van der Waals surface area contributed by atoms with Gasteiger partial charge in [-0.15, -0.1) is 0 Å². The molecular weight excluding hydrogens is 256 g/mol. The molecule has 0 fully saturated rings. The highest BCUT2D eigenvalue weighted by atomic mass is 32.2. The lowest BCUT2D eigenvalue weighted by atomic mass is 10.2. The molecule has 0 aliphatic heterocycles. The number of nitrogens with one attached hydrogen (secondary N) is 1. The predicted molar refractivity (Wildman–Crippen MR) is 68.7 cm³/mol. The normalized spacial score (nSPS) is 13.1. The monoisotopic (exact) mass is 272 g/mol. The van der Waals surface area contributed by atoms with Crippen molar-refractivity contribution in [2.24, 2.45) is 0 Å². The Morgan fingerprint density at radius 2 is 2.17 bits per heavy atom. The molecule has 0 aliphatic carbocycles. The Balaban J connectivity index is 2.96. The summed E-state index contributed by atoms with van der Waals surface area (Å²) >= 11 is 0. The number of aromatic carboxylic acids is 1. The van der Waals surface area contributed by atoms with Crippen LogP contribution in [0.3, 0.4) is 0 Å². The lowest BCUT2D eigenvalue weighted by molar-refractivity contribution is 0.0697. The molecule has 1 rings (SSSR count). The maximum absolute atomic E-state index is 11.1. The van der Waals surface area contributed by atoms with Gasteiger partial charge in [0.25, 0.3) is 0 Å². The van der Waals surface area contributed by atoms with E-state index in [0.717, 1.165) is 6.26 Å². The van der Waals surface area contributed by atoms with Crippen LogP contribution in [0.5, 0.6) is 0 Å². The highest BCUT2D eigenvalue weighted by Gasteiger charge is 2.15. The standard InChI is InChI=1S/C11H16N2O4S/c1-7-4-10(9(5-12-7)11(14)15)13-8(2)6-18(3,16)17/h4-5,8H,6H2,1-3H3,(H,12,13)(H,14,15). The van der Waals surface area contributed by atoms with Crippen molar-refractivity contribution in [1.82, 2.24) is 4.98 Å². The third kappa shape index (κ3) is 4.33. The second-order valence-corrected chi connectivity index (χ2v) is 6.50. The van der Waals surface area contributed by atoms with E-state index in [1.807, 2.05) is 0 Å². The van der Waals surface area contributed by atoms with Crippen molar-refractivity contribution in [3.8, 4) is 0 Å². The summed E-state index contributed by atoms with van der Waals surface area (Å²) in [5, 5.41) is 11.9. The minimum Gasteiger partial charge on any atom is -0.478 e. The van der Waals surface area contributed by atoms with E-state index in [0.29, 0.717) is 11.4 Å². The zero-order valence-corrected chi connectivity index (χ0v) is 11.3. The van der Waals surface area contributed by atoms with Crippen LogP contribution >= 0.6 is 0 Å². The average molecular weight is 272 g/mol. The fraction of sp³-hybridized carbons (Fsp3) is 0.455. The van der Waals surface area contributed by atoms with Crippen LogP contribution in [0.15, 0.2) is 12.3 Å². The number of carboxylic acid groups (broad SMARTS) is 1. The molecule has 1 atom stereocenters. The Kier molecular flexibility index (Phi) is 4.28. The predicted octanol–water partition coefficient (Wildman–Crippen LogP) is 0.933. The molecule has 18 heavy (non-hydrogen) atoms. The second-order valence-electron chi connectivity index (χ2n) is 4.31. The third-order valence-electron chi connectivity index (χ3n) is 2.23. The smallest absolute Gasteiger partial charge is 0.339 e. The number of aryl methyl sites for hydroxylation is 1. The first-order chi connectivity index (χ1) is 8.19. The summed E-state index contributed by atoms with van der Waals surface area (Å²) in [7, 11) is -3.11.